The average Bonchev–Trinajstić information content (AvgIpc) is 2.24. The molecule has 2 nitrogen and oxygen atoms in total. The molecular formula is C14H18ClFN2. The first-order valence-electron chi connectivity index (χ1n) is 6.33. The van der Waals surface area contributed by atoms with Gasteiger partial charge < -0.3 is 4.90 Å². The summed E-state index contributed by atoms with van der Waals surface area (Å²) in [6, 6.07) is 3.53. The van der Waals surface area contributed by atoms with Gasteiger partial charge in [0.05, 0.1) is 0 Å². The third-order valence-corrected chi connectivity index (χ3v) is 4.44. The summed E-state index contributed by atoms with van der Waals surface area (Å²) < 4.78 is 14.0. The first-order valence-corrected chi connectivity index (χ1v) is 6.71. The van der Waals surface area contributed by atoms with Gasteiger partial charge in [-0.15, -0.1) is 0 Å². The number of benzene rings is 1. The summed E-state index contributed by atoms with van der Waals surface area (Å²) >= 11 is 6.09. The highest BCUT2D eigenvalue weighted by Crippen LogP contribution is 2.40. The fourth-order valence-corrected chi connectivity index (χ4v) is 3.60. The van der Waals surface area contributed by atoms with E-state index in [-0.39, 0.29) is 5.82 Å². The largest absolute Gasteiger partial charge is 0.305 e. The molecule has 1 spiro atoms. The topological polar surface area (TPSA) is 6.48 Å². The number of aryl methyl sites for hydroxylation is 1. The number of hydrogen-bond acceptors (Lipinski definition) is 2. The van der Waals surface area contributed by atoms with Crippen LogP contribution in [0.2, 0.25) is 5.02 Å². The van der Waals surface area contributed by atoms with Crippen molar-refractivity contribution in [1.82, 2.24) is 9.80 Å². The third-order valence-electron chi connectivity index (χ3n) is 4.09. The number of hydrogen-bond donors (Lipinski definition) is 0. The Bertz CT molecular complexity index is 475. The summed E-state index contributed by atoms with van der Waals surface area (Å²) in [5, 5.41) is 0.546. The summed E-state index contributed by atoms with van der Waals surface area (Å²) in [6.45, 7) is 6.91. The van der Waals surface area contributed by atoms with Gasteiger partial charge in [-0.25, -0.2) is 4.39 Å². The fraction of sp³-hybridized carbons (Fsp3) is 0.571. The number of nitrogens with zero attached hydrogens (tertiary/aromatic N) is 2. The Morgan fingerprint density at radius 3 is 2.56 bits per heavy atom. The maximum Gasteiger partial charge on any atom is 0.132 e. The van der Waals surface area contributed by atoms with Crippen LogP contribution in [0.1, 0.15) is 11.1 Å². The van der Waals surface area contributed by atoms with E-state index in [2.05, 4.69) is 16.8 Å². The lowest BCUT2D eigenvalue weighted by molar-refractivity contribution is -0.108. The van der Waals surface area contributed by atoms with Crippen LogP contribution in [0.5, 0.6) is 0 Å². The van der Waals surface area contributed by atoms with Crippen molar-refractivity contribution in [3.05, 3.63) is 34.1 Å². The first-order chi connectivity index (χ1) is 8.49. The van der Waals surface area contributed by atoms with Crippen molar-refractivity contribution in [3.8, 4) is 0 Å². The first kappa shape index (κ1) is 12.4. The predicted molar refractivity (Wildman–Crippen MR) is 71.4 cm³/mol. The highest BCUT2D eigenvalue weighted by Gasteiger charge is 2.50. The molecule has 1 aromatic rings. The minimum absolute atomic E-state index is 0.144. The van der Waals surface area contributed by atoms with Gasteiger partial charge in [0, 0.05) is 48.7 Å². The van der Waals surface area contributed by atoms with Crippen molar-refractivity contribution in [2.24, 2.45) is 5.41 Å². The van der Waals surface area contributed by atoms with Crippen molar-refractivity contribution < 1.29 is 4.39 Å². The zero-order valence-corrected chi connectivity index (χ0v) is 11.6. The molecule has 0 saturated carbocycles. The minimum Gasteiger partial charge on any atom is -0.305 e. The maximum absolute atomic E-state index is 14.0. The van der Waals surface area contributed by atoms with Crippen molar-refractivity contribution >= 4 is 11.6 Å². The van der Waals surface area contributed by atoms with Crippen LogP contribution >= 0.6 is 11.6 Å². The summed E-state index contributed by atoms with van der Waals surface area (Å²) in [7, 11) is 2.14. The molecule has 2 saturated heterocycles. The summed E-state index contributed by atoms with van der Waals surface area (Å²) in [5.41, 5.74) is 1.81. The molecule has 0 bridgehead atoms. The average molecular weight is 269 g/mol. The predicted octanol–water partition coefficient (Wildman–Crippen LogP) is 2.53. The highest BCUT2D eigenvalue weighted by molar-refractivity contribution is 6.31. The third kappa shape index (κ3) is 1.94. The molecular weight excluding hydrogens is 251 g/mol. The van der Waals surface area contributed by atoms with Crippen LogP contribution in [0.4, 0.5) is 4.39 Å². The zero-order chi connectivity index (χ0) is 12.9. The minimum atomic E-state index is -0.144. The molecule has 0 atom stereocenters. The van der Waals surface area contributed by atoms with Crippen molar-refractivity contribution in [2.45, 2.75) is 13.5 Å². The molecule has 0 amide bonds. The van der Waals surface area contributed by atoms with Crippen molar-refractivity contribution in [3.63, 3.8) is 0 Å². The SMILES string of the molecule is Cc1ccc(Cl)c(CN2CC3(CN(C)C3)C2)c1F. The lowest BCUT2D eigenvalue weighted by Gasteiger charge is -2.59. The number of halogens is 2. The van der Waals surface area contributed by atoms with Gasteiger partial charge in [0.25, 0.3) is 0 Å². The quantitative estimate of drug-likeness (QED) is 0.813. The van der Waals surface area contributed by atoms with Crippen molar-refractivity contribution in [1.29, 1.82) is 0 Å². The van der Waals surface area contributed by atoms with Crippen LogP contribution < -0.4 is 0 Å². The van der Waals surface area contributed by atoms with Crippen molar-refractivity contribution in [2.75, 3.05) is 33.2 Å². The Labute approximate surface area is 112 Å². The monoisotopic (exact) mass is 268 g/mol. The molecule has 1 aromatic carbocycles. The van der Waals surface area contributed by atoms with Gasteiger partial charge in [-0.05, 0) is 25.6 Å². The maximum atomic E-state index is 14.0. The standard InChI is InChI=1S/C14H18ClFN2/c1-10-3-4-12(15)11(13(10)16)5-18-8-14(9-18)6-17(2)7-14/h3-4H,5-9H2,1-2H3. The summed E-state index contributed by atoms with van der Waals surface area (Å²) in [6.07, 6.45) is 0. The second-order valence-electron chi connectivity index (χ2n) is 5.97. The molecule has 18 heavy (non-hydrogen) atoms. The van der Waals surface area contributed by atoms with Crippen LogP contribution in [0, 0.1) is 18.2 Å². The van der Waals surface area contributed by atoms with Gasteiger partial charge in [-0.2, -0.15) is 0 Å². The van der Waals surface area contributed by atoms with E-state index in [0.29, 0.717) is 28.1 Å². The van der Waals surface area contributed by atoms with E-state index in [1.54, 1.807) is 19.1 Å². The highest BCUT2D eigenvalue weighted by atomic mass is 35.5. The van der Waals surface area contributed by atoms with Crippen LogP contribution in [0.3, 0.4) is 0 Å². The molecule has 0 N–H and O–H groups in total. The zero-order valence-electron chi connectivity index (χ0n) is 10.8. The van der Waals surface area contributed by atoms with E-state index >= 15 is 0 Å². The van der Waals surface area contributed by atoms with Gasteiger partial charge in [0.2, 0.25) is 0 Å². The Kier molecular flexibility index (Phi) is 2.88. The normalized spacial score (nSPS) is 22.9. The number of likely N-dealkylation sites (tertiary alicyclic amines) is 2. The molecule has 0 radical (unpaired) electrons. The molecule has 4 heteroatoms. The summed E-state index contributed by atoms with van der Waals surface area (Å²) in [4.78, 5) is 4.62. The van der Waals surface area contributed by atoms with Crippen LogP contribution in [0.15, 0.2) is 12.1 Å². The van der Waals surface area contributed by atoms with Gasteiger partial charge in [0.15, 0.2) is 0 Å². The smallest absolute Gasteiger partial charge is 0.132 e. The molecule has 2 aliphatic rings. The second kappa shape index (κ2) is 4.19. The molecule has 98 valence electrons. The molecule has 0 aliphatic carbocycles. The fourth-order valence-electron chi connectivity index (χ4n) is 3.40. The Balaban J connectivity index is 1.67. The Hall–Kier alpha value is -0.640. The Morgan fingerprint density at radius 1 is 1.28 bits per heavy atom. The lowest BCUT2D eigenvalue weighted by Crippen LogP contribution is -2.70. The molecule has 0 unspecified atom stereocenters. The van der Waals surface area contributed by atoms with E-state index in [4.69, 9.17) is 11.6 Å². The van der Waals surface area contributed by atoms with E-state index in [9.17, 15) is 4.39 Å². The van der Waals surface area contributed by atoms with Crippen LogP contribution in [0.25, 0.3) is 0 Å². The van der Waals surface area contributed by atoms with Crippen LogP contribution in [-0.4, -0.2) is 43.0 Å². The Morgan fingerprint density at radius 2 is 1.94 bits per heavy atom. The molecule has 0 aromatic heterocycles. The van der Waals surface area contributed by atoms with E-state index in [1.807, 2.05) is 0 Å². The van der Waals surface area contributed by atoms with E-state index in [1.165, 1.54) is 13.1 Å². The summed E-state index contributed by atoms with van der Waals surface area (Å²) in [5.74, 6) is -0.144. The van der Waals surface area contributed by atoms with Gasteiger partial charge in [-0.1, -0.05) is 17.7 Å². The molecule has 2 heterocycles. The van der Waals surface area contributed by atoms with Gasteiger partial charge in [0.1, 0.15) is 5.82 Å². The van der Waals surface area contributed by atoms with Gasteiger partial charge in [-0.3, -0.25) is 4.90 Å². The van der Waals surface area contributed by atoms with E-state index in [0.717, 1.165) is 13.1 Å². The second-order valence-corrected chi connectivity index (χ2v) is 6.38. The van der Waals surface area contributed by atoms with E-state index < -0.39 is 0 Å². The lowest BCUT2D eigenvalue weighted by atomic mass is 9.73. The number of rotatable bonds is 2. The molecule has 2 aliphatic heterocycles. The van der Waals surface area contributed by atoms with Gasteiger partial charge >= 0.3 is 0 Å². The molecule has 3 rings (SSSR count). The molecule has 2 fully saturated rings. The van der Waals surface area contributed by atoms with Crippen LogP contribution in [-0.2, 0) is 6.54 Å².